The zero-order chi connectivity index (χ0) is 12.5. The summed E-state index contributed by atoms with van der Waals surface area (Å²) in [7, 11) is 0. The van der Waals surface area contributed by atoms with Gasteiger partial charge in [-0.15, -0.1) is 11.3 Å². The molecule has 18 heavy (non-hydrogen) atoms. The van der Waals surface area contributed by atoms with E-state index < -0.39 is 0 Å². The summed E-state index contributed by atoms with van der Waals surface area (Å²) in [5.41, 5.74) is 4.27. The van der Waals surface area contributed by atoms with E-state index in [9.17, 15) is 0 Å². The van der Waals surface area contributed by atoms with Gasteiger partial charge < -0.3 is 5.32 Å². The van der Waals surface area contributed by atoms with E-state index in [4.69, 9.17) is 0 Å². The molecule has 1 heterocycles. The minimum absolute atomic E-state index is 0.615. The van der Waals surface area contributed by atoms with Gasteiger partial charge in [-0.2, -0.15) is 0 Å². The number of fused-ring (bicyclic) bond motifs is 1. The van der Waals surface area contributed by atoms with Gasteiger partial charge in [-0.25, -0.2) is 4.98 Å². The van der Waals surface area contributed by atoms with E-state index in [1.54, 1.807) is 11.3 Å². The van der Waals surface area contributed by atoms with E-state index in [0.717, 1.165) is 17.4 Å². The van der Waals surface area contributed by atoms with Crippen LogP contribution in [0.3, 0.4) is 0 Å². The van der Waals surface area contributed by atoms with Gasteiger partial charge in [-0.05, 0) is 42.9 Å². The topological polar surface area (TPSA) is 24.9 Å². The van der Waals surface area contributed by atoms with Crippen molar-refractivity contribution in [3.05, 3.63) is 23.7 Å². The molecule has 2 atom stereocenters. The molecule has 0 aliphatic heterocycles. The molecule has 2 unspecified atom stereocenters. The van der Waals surface area contributed by atoms with Crippen LogP contribution in [0, 0.1) is 11.8 Å². The molecule has 1 aliphatic carbocycles. The Kier molecular flexibility index (Phi) is 3.25. The second-order valence-electron chi connectivity index (χ2n) is 5.59. The molecule has 0 amide bonds. The van der Waals surface area contributed by atoms with Gasteiger partial charge >= 0.3 is 0 Å². The van der Waals surface area contributed by atoms with Gasteiger partial charge in [0, 0.05) is 11.7 Å². The van der Waals surface area contributed by atoms with Crippen molar-refractivity contribution in [3.8, 4) is 0 Å². The van der Waals surface area contributed by atoms with E-state index >= 15 is 0 Å². The van der Waals surface area contributed by atoms with Crippen LogP contribution in [-0.4, -0.2) is 11.0 Å². The fourth-order valence-electron chi connectivity index (χ4n) is 3.10. The van der Waals surface area contributed by atoms with Crippen molar-refractivity contribution in [1.29, 1.82) is 0 Å². The summed E-state index contributed by atoms with van der Waals surface area (Å²) < 4.78 is 1.27. The second-order valence-corrected chi connectivity index (χ2v) is 6.48. The lowest BCUT2D eigenvalue weighted by molar-refractivity contribution is 0.268. The molecule has 1 aliphatic rings. The number of hydrogen-bond acceptors (Lipinski definition) is 3. The van der Waals surface area contributed by atoms with Gasteiger partial charge in [0.1, 0.15) is 0 Å². The molecule has 0 spiro atoms. The summed E-state index contributed by atoms with van der Waals surface area (Å²) >= 11 is 1.71. The highest BCUT2D eigenvalue weighted by atomic mass is 32.1. The van der Waals surface area contributed by atoms with Gasteiger partial charge in [0.05, 0.1) is 15.7 Å². The molecule has 0 radical (unpaired) electrons. The van der Waals surface area contributed by atoms with Crippen molar-refractivity contribution >= 4 is 27.2 Å². The standard InChI is InChI=1S/C15H20N2S/c1-10-4-3-5-11(2)15(10)17-12-6-7-13-14(8-12)18-9-16-13/h6-11,15,17H,3-5H2,1-2H3. The molecule has 1 fully saturated rings. The molecule has 2 nitrogen and oxygen atoms in total. The summed E-state index contributed by atoms with van der Waals surface area (Å²) in [6, 6.07) is 7.13. The number of rotatable bonds is 2. The van der Waals surface area contributed by atoms with Crippen LogP contribution >= 0.6 is 11.3 Å². The molecular formula is C15H20N2S. The van der Waals surface area contributed by atoms with E-state index in [-0.39, 0.29) is 0 Å². The van der Waals surface area contributed by atoms with Crippen LogP contribution in [0.25, 0.3) is 10.2 Å². The van der Waals surface area contributed by atoms with E-state index in [0.29, 0.717) is 6.04 Å². The molecule has 1 aromatic heterocycles. The summed E-state index contributed by atoms with van der Waals surface area (Å²) in [6.45, 7) is 4.75. The minimum atomic E-state index is 0.615. The molecule has 96 valence electrons. The van der Waals surface area contributed by atoms with E-state index in [1.165, 1.54) is 29.6 Å². The van der Waals surface area contributed by atoms with Gasteiger partial charge in [0.15, 0.2) is 0 Å². The lowest BCUT2D eigenvalue weighted by Crippen LogP contribution is -2.36. The van der Waals surface area contributed by atoms with Gasteiger partial charge in [-0.3, -0.25) is 0 Å². The lowest BCUT2D eigenvalue weighted by atomic mass is 9.78. The maximum absolute atomic E-state index is 4.33. The number of nitrogens with one attached hydrogen (secondary N) is 1. The SMILES string of the molecule is CC1CCCC(C)C1Nc1ccc2ncsc2c1. The first-order chi connectivity index (χ1) is 8.74. The largest absolute Gasteiger partial charge is 0.382 e. The van der Waals surface area contributed by atoms with Crippen LogP contribution in [0.1, 0.15) is 33.1 Å². The average Bonchev–Trinajstić information content (AvgIpc) is 2.81. The highest BCUT2D eigenvalue weighted by Crippen LogP contribution is 2.32. The Hall–Kier alpha value is -1.09. The molecular weight excluding hydrogens is 240 g/mol. The van der Waals surface area contributed by atoms with E-state index in [1.807, 2.05) is 5.51 Å². The summed E-state index contributed by atoms with van der Waals surface area (Å²) in [5, 5.41) is 3.74. The molecule has 3 rings (SSSR count). The zero-order valence-corrected chi connectivity index (χ0v) is 11.8. The molecule has 1 aromatic carbocycles. The Balaban J connectivity index is 1.81. The monoisotopic (exact) mass is 260 g/mol. The fraction of sp³-hybridized carbons (Fsp3) is 0.533. The Bertz CT molecular complexity index is 524. The van der Waals surface area contributed by atoms with E-state index in [2.05, 4.69) is 42.3 Å². The first kappa shape index (κ1) is 12.0. The summed E-state index contributed by atoms with van der Waals surface area (Å²) in [5.74, 6) is 1.54. The van der Waals surface area contributed by atoms with Gasteiger partial charge in [0.2, 0.25) is 0 Å². The zero-order valence-electron chi connectivity index (χ0n) is 11.0. The first-order valence-electron chi connectivity index (χ1n) is 6.84. The predicted molar refractivity (Wildman–Crippen MR) is 79.2 cm³/mol. The third-order valence-corrected chi connectivity index (χ3v) is 5.00. The second kappa shape index (κ2) is 4.88. The van der Waals surface area contributed by atoms with Crippen molar-refractivity contribution in [2.45, 2.75) is 39.2 Å². The third-order valence-electron chi connectivity index (χ3n) is 4.21. The van der Waals surface area contributed by atoms with Gasteiger partial charge in [0.25, 0.3) is 0 Å². The first-order valence-corrected chi connectivity index (χ1v) is 7.72. The van der Waals surface area contributed by atoms with Crippen LogP contribution in [0.15, 0.2) is 23.7 Å². The number of thiazole rings is 1. The van der Waals surface area contributed by atoms with Crippen LogP contribution in [0.2, 0.25) is 0 Å². The van der Waals surface area contributed by atoms with Crippen molar-refractivity contribution in [3.63, 3.8) is 0 Å². The number of hydrogen-bond donors (Lipinski definition) is 1. The van der Waals surface area contributed by atoms with Crippen LogP contribution in [0.5, 0.6) is 0 Å². The van der Waals surface area contributed by atoms with Crippen LogP contribution in [0.4, 0.5) is 5.69 Å². The Labute approximate surface area is 112 Å². The smallest absolute Gasteiger partial charge is 0.0813 e. The maximum Gasteiger partial charge on any atom is 0.0813 e. The van der Waals surface area contributed by atoms with Crippen molar-refractivity contribution in [2.75, 3.05) is 5.32 Å². The number of benzene rings is 1. The molecule has 1 saturated carbocycles. The highest BCUT2D eigenvalue weighted by Gasteiger charge is 2.27. The highest BCUT2D eigenvalue weighted by molar-refractivity contribution is 7.16. The minimum Gasteiger partial charge on any atom is -0.382 e. The number of aromatic nitrogens is 1. The van der Waals surface area contributed by atoms with Crippen molar-refractivity contribution in [1.82, 2.24) is 4.98 Å². The molecule has 0 bridgehead atoms. The van der Waals surface area contributed by atoms with Crippen molar-refractivity contribution < 1.29 is 0 Å². The molecule has 2 aromatic rings. The fourth-order valence-corrected chi connectivity index (χ4v) is 3.82. The predicted octanol–water partition coefficient (Wildman–Crippen LogP) is 4.53. The Morgan fingerprint density at radius 3 is 2.78 bits per heavy atom. The van der Waals surface area contributed by atoms with Crippen LogP contribution < -0.4 is 5.32 Å². The molecule has 3 heteroatoms. The van der Waals surface area contributed by atoms with Gasteiger partial charge in [-0.1, -0.05) is 20.3 Å². The third kappa shape index (κ3) is 2.24. The average molecular weight is 260 g/mol. The lowest BCUT2D eigenvalue weighted by Gasteiger charge is -2.35. The maximum atomic E-state index is 4.33. The number of nitrogens with zero attached hydrogens (tertiary/aromatic N) is 1. The quantitative estimate of drug-likeness (QED) is 0.858. The molecule has 1 N–H and O–H groups in total. The number of anilines is 1. The molecule has 0 saturated heterocycles. The van der Waals surface area contributed by atoms with Crippen LogP contribution in [-0.2, 0) is 0 Å². The Morgan fingerprint density at radius 1 is 1.22 bits per heavy atom. The summed E-state index contributed by atoms with van der Waals surface area (Å²) in [6.07, 6.45) is 4.09. The van der Waals surface area contributed by atoms with Crippen molar-refractivity contribution in [2.24, 2.45) is 11.8 Å². The Morgan fingerprint density at radius 2 is 2.00 bits per heavy atom. The summed E-state index contributed by atoms with van der Waals surface area (Å²) in [4.78, 5) is 4.33. The normalized spacial score (nSPS) is 28.4.